The molecule has 2 aromatic rings. The average Bonchev–Trinajstić information content (AvgIpc) is 2.44. The Labute approximate surface area is 125 Å². The third-order valence-corrected chi connectivity index (χ3v) is 3.89. The summed E-state index contributed by atoms with van der Waals surface area (Å²) in [5.41, 5.74) is 7.64. The van der Waals surface area contributed by atoms with E-state index in [-0.39, 0.29) is 6.04 Å². The smallest absolute Gasteiger partial charge is 0.0713 e. The normalized spacial score (nSPS) is 12.7. The molecule has 0 radical (unpaired) electrons. The number of halogens is 1. The van der Waals surface area contributed by atoms with Crippen LogP contribution in [0.4, 0.5) is 0 Å². The van der Waals surface area contributed by atoms with Gasteiger partial charge in [-0.15, -0.1) is 0 Å². The van der Waals surface area contributed by atoms with Crippen molar-refractivity contribution in [2.45, 2.75) is 32.7 Å². The van der Waals surface area contributed by atoms with Crippen LogP contribution in [0.1, 0.15) is 48.1 Å². The molecule has 0 fully saturated rings. The van der Waals surface area contributed by atoms with E-state index in [0.717, 1.165) is 16.1 Å². The maximum absolute atomic E-state index is 6.10. The summed E-state index contributed by atoms with van der Waals surface area (Å²) in [6.07, 6.45) is 0. The van der Waals surface area contributed by atoms with E-state index in [1.54, 1.807) is 0 Å². The second-order valence-electron chi connectivity index (χ2n) is 5.42. The minimum absolute atomic E-state index is 0.0464. The van der Waals surface area contributed by atoms with Crippen molar-refractivity contribution < 1.29 is 0 Å². The Morgan fingerprint density at radius 2 is 1.60 bits per heavy atom. The number of rotatable bonds is 4. The molecule has 1 unspecified atom stereocenters. The Morgan fingerprint density at radius 1 is 1.00 bits per heavy atom. The Morgan fingerprint density at radius 3 is 2.15 bits per heavy atom. The molecule has 0 amide bonds. The Balaban J connectivity index is 2.39. The van der Waals surface area contributed by atoms with Crippen LogP contribution in [0, 0.1) is 6.92 Å². The SMILES string of the molecule is Cc1ccc(Cl)cc1C(NN)c1ccc(C(C)C)cc1. The molecular formula is C17H21ClN2. The van der Waals surface area contributed by atoms with Crippen molar-refractivity contribution >= 4 is 11.6 Å². The standard InChI is InChI=1S/C17H21ClN2/c1-11(2)13-5-7-14(8-6-13)17(20-19)16-10-15(18)9-4-12(16)3/h4-11,17,20H,19H2,1-3H3. The van der Waals surface area contributed by atoms with Crippen molar-refractivity contribution in [1.29, 1.82) is 0 Å². The van der Waals surface area contributed by atoms with Gasteiger partial charge in [0.1, 0.15) is 0 Å². The van der Waals surface area contributed by atoms with Crippen molar-refractivity contribution in [2.24, 2.45) is 5.84 Å². The first-order chi connectivity index (χ1) is 9.52. The highest BCUT2D eigenvalue weighted by molar-refractivity contribution is 6.30. The van der Waals surface area contributed by atoms with Gasteiger partial charge in [-0.1, -0.05) is 55.8 Å². The number of hydrazine groups is 1. The predicted octanol–water partition coefficient (Wildman–Crippen LogP) is 4.32. The van der Waals surface area contributed by atoms with Gasteiger partial charge in [0.25, 0.3) is 0 Å². The summed E-state index contributed by atoms with van der Waals surface area (Å²) in [7, 11) is 0. The van der Waals surface area contributed by atoms with Gasteiger partial charge in [0.2, 0.25) is 0 Å². The molecule has 0 spiro atoms. The maximum Gasteiger partial charge on any atom is 0.0713 e. The second kappa shape index (κ2) is 6.40. The number of nitrogens with two attached hydrogens (primary N) is 1. The molecule has 2 aromatic carbocycles. The van der Waals surface area contributed by atoms with Crippen LogP contribution < -0.4 is 11.3 Å². The summed E-state index contributed by atoms with van der Waals surface area (Å²) < 4.78 is 0. The lowest BCUT2D eigenvalue weighted by atomic mass is 9.93. The fourth-order valence-electron chi connectivity index (χ4n) is 2.36. The monoisotopic (exact) mass is 288 g/mol. The average molecular weight is 289 g/mol. The lowest BCUT2D eigenvalue weighted by Crippen LogP contribution is -2.29. The number of aryl methyl sites for hydroxylation is 1. The molecule has 0 heterocycles. The lowest BCUT2D eigenvalue weighted by Gasteiger charge is -2.20. The van der Waals surface area contributed by atoms with Gasteiger partial charge in [-0.2, -0.15) is 0 Å². The molecule has 2 rings (SSSR count). The first-order valence-corrected chi connectivity index (χ1v) is 7.22. The number of benzene rings is 2. The Kier molecular flexibility index (Phi) is 4.81. The quantitative estimate of drug-likeness (QED) is 0.649. The van der Waals surface area contributed by atoms with Crippen molar-refractivity contribution in [1.82, 2.24) is 5.43 Å². The van der Waals surface area contributed by atoms with E-state index in [1.807, 2.05) is 18.2 Å². The van der Waals surface area contributed by atoms with Crippen molar-refractivity contribution in [3.05, 3.63) is 69.7 Å². The first kappa shape index (κ1) is 15.0. The minimum atomic E-state index is -0.0464. The highest BCUT2D eigenvalue weighted by Gasteiger charge is 2.15. The molecule has 3 heteroatoms. The Bertz CT molecular complexity index is 576. The largest absolute Gasteiger partial charge is 0.271 e. The molecular weight excluding hydrogens is 268 g/mol. The van der Waals surface area contributed by atoms with Crippen LogP contribution in [0.15, 0.2) is 42.5 Å². The topological polar surface area (TPSA) is 38.0 Å². The number of hydrogen-bond acceptors (Lipinski definition) is 2. The Hall–Kier alpha value is -1.35. The lowest BCUT2D eigenvalue weighted by molar-refractivity contribution is 0.633. The molecule has 0 saturated heterocycles. The van der Waals surface area contributed by atoms with E-state index in [4.69, 9.17) is 17.4 Å². The van der Waals surface area contributed by atoms with E-state index >= 15 is 0 Å². The molecule has 2 nitrogen and oxygen atoms in total. The fourth-order valence-corrected chi connectivity index (χ4v) is 2.54. The molecule has 1 atom stereocenters. The third kappa shape index (κ3) is 3.21. The van der Waals surface area contributed by atoms with Crippen LogP contribution in [0.5, 0.6) is 0 Å². The van der Waals surface area contributed by atoms with Gasteiger partial charge < -0.3 is 0 Å². The van der Waals surface area contributed by atoms with Gasteiger partial charge in [-0.25, -0.2) is 5.43 Å². The van der Waals surface area contributed by atoms with Crippen LogP contribution in [0.2, 0.25) is 5.02 Å². The summed E-state index contributed by atoms with van der Waals surface area (Å²) in [6.45, 7) is 6.45. The molecule has 0 bridgehead atoms. The van der Waals surface area contributed by atoms with Gasteiger partial charge in [0.15, 0.2) is 0 Å². The molecule has 106 valence electrons. The van der Waals surface area contributed by atoms with Crippen LogP contribution in [0.25, 0.3) is 0 Å². The van der Waals surface area contributed by atoms with Crippen LogP contribution in [0.3, 0.4) is 0 Å². The van der Waals surface area contributed by atoms with E-state index in [2.05, 4.69) is 50.5 Å². The molecule has 0 saturated carbocycles. The summed E-state index contributed by atoms with van der Waals surface area (Å²) in [4.78, 5) is 0. The zero-order valence-electron chi connectivity index (χ0n) is 12.2. The molecule has 20 heavy (non-hydrogen) atoms. The molecule has 3 N–H and O–H groups in total. The maximum atomic E-state index is 6.10. The van der Waals surface area contributed by atoms with Crippen LogP contribution in [-0.2, 0) is 0 Å². The zero-order valence-corrected chi connectivity index (χ0v) is 12.9. The van der Waals surface area contributed by atoms with E-state index in [9.17, 15) is 0 Å². The van der Waals surface area contributed by atoms with Crippen molar-refractivity contribution in [3.8, 4) is 0 Å². The number of nitrogens with one attached hydrogen (secondary N) is 1. The fraction of sp³-hybridized carbons (Fsp3) is 0.294. The predicted molar refractivity (Wildman–Crippen MR) is 85.9 cm³/mol. The molecule has 0 aliphatic rings. The van der Waals surface area contributed by atoms with Crippen molar-refractivity contribution in [3.63, 3.8) is 0 Å². The minimum Gasteiger partial charge on any atom is -0.271 e. The first-order valence-electron chi connectivity index (χ1n) is 6.85. The highest BCUT2D eigenvalue weighted by Crippen LogP contribution is 2.28. The van der Waals surface area contributed by atoms with E-state index in [0.29, 0.717) is 5.92 Å². The summed E-state index contributed by atoms with van der Waals surface area (Å²) in [5.74, 6) is 6.29. The molecule has 0 aliphatic carbocycles. The summed E-state index contributed by atoms with van der Waals surface area (Å²) in [5, 5.41) is 0.727. The van der Waals surface area contributed by atoms with E-state index in [1.165, 1.54) is 11.1 Å². The van der Waals surface area contributed by atoms with Gasteiger partial charge in [0.05, 0.1) is 6.04 Å². The molecule has 0 aliphatic heterocycles. The second-order valence-corrected chi connectivity index (χ2v) is 5.86. The van der Waals surface area contributed by atoms with Crippen LogP contribution >= 0.6 is 11.6 Å². The van der Waals surface area contributed by atoms with Crippen LogP contribution in [-0.4, -0.2) is 0 Å². The van der Waals surface area contributed by atoms with Gasteiger partial charge in [-0.05, 0) is 47.2 Å². The summed E-state index contributed by atoms with van der Waals surface area (Å²) in [6, 6.07) is 14.4. The van der Waals surface area contributed by atoms with Gasteiger partial charge in [-0.3, -0.25) is 5.84 Å². The van der Waals surface area contributed by atoms with Gasteiger partial charge >= 0.3 is 0 Å². The van der Waals surface area contributed by atoms with Crippen molar-refractivity contribution in [2.75, 3.05) is 0 Å². The van der Waals surface area contributed by atoms with E-state index < -0.39 is 0 Å². The summed E-state index contributed by atoms with van der Waals surface area (Å²) >= 11 is 6.10. The highest BCUT2D eigenvalue weighted by atomic mass is 35.5. The van der Waals surface area contributed by atoms with Gasteiger partial charge in [0, 0.05) is 5.02 Å². The third-order valence-electron chi connectivity index (χ3n) is 3.66. The zero-order chi connectivity index (χ0) is 14.7. The number of hydrogen-bond donors (Lipinski definition) is 2. The molecule has 0 aromatic heterocycles.